The number of hydrogen-bond acceptors (Lipinski definition) is 2. The van der Waals surface area contributed by atoms with E-state index in [9.17, 15) is 9.59 Å². The summed E-state index contributed by atoms with van der Waals surface area (Å²) in [6.07, 6.45) is 0.610. The number of carbonyl (C=O) groups excluding carboxylic acids is 1. The van der Waals surface area contributed by atoms with Crippen LogP contribution in [0.4, 0.5) is 0 Å². The van der Waals surface area contributed by atoms with Crippen LogP contribution in [-0.4, -0.2) is 17.4 Å². The molecule has 0 radical (unpaired) electrons. The molecule has 1 rings (SSSR count). The zero-order chi connectivity index (χ0) is 10.7. The summed E-state index contributed by atoms with van der Waals surface area (Å²) in [5, 5.41) is 8.66. The van der Waals surface area contributed by atoms with Crippen LogP contribution in [0.5, 0.6) is 0 Å². The van der Waals surface area contributed by atoms with Gasteiger partial charge in [-0.1, -0.05) is 11.6 Å². The van der Waals surface area contributed by atoms with Crippen molar-refractivity contribution in [2.45, 2.75) is 20.3 Å². The first-order valence-corrected chi connectivity index (χ1v) is 4.31. The molecule has 14 heavy (non-hydrogen) atoms. The Morgan fingerprint density at radius 3 is 2.57 bits per heavy atom. The number of aldehydes is 1. The van der Waals surface area contributed by atoms with Crippen LogP contribution in [-0.2, 0) is 11.2 Å². The maximum atomic E-state index is 10.7. The number of aryl methyl sites for hydroxylation is 2. The number of carboxylic acids is 1. The number of carbonyl (C=O) groups is 2. The Morgan fingerprint density at radius 2 is 2.07 bits per heavy atom. The maximum Gasteiger partial charge on any atom is 0.307 e. The van der Waals surface area contributed by atoms with Gasteiger partial charge in [-0.15, -0.1) is 0 Å². The zero-order valence-corrected chi connectivity index (χ0v) is 8.20. The molecule has 0 unspecified atom stereocenters. The van der Waals surface area contributed by atoms with Crippen molar-refractivity contribution in [2.75, 3.05) is 0 Å². The molecule has 1 aromatic carbocycles. The second-order valence-corrected chi connectivity index (χ2v) is 3.34. The smallest absolute Gasteiger partial charge is 0.307 e. The average molecular weight is 192 g/mol. The molecule has 3 heteroatoms. The van der Waals surface area contributed by atoms with E-state index in [0.717, 1.165) is 11.1 Å². The van der Waals surface area contributed by atoms with Crippen LogP contribution in [0.2, 0.25) is 0 Å². The van der Waals surface area contributed by atoms with E-state index in [-0.39, 0.29) is 6.42 Å². The van der Waals surface area contributed by atoms with Gasteiger partial charge in [-0.05, 0) is 31.0 Å². The van der Waals surface area contributed by atoms with E-state index in [2.05, 4.69) is 0 Å². The van der Waals surface area contributed by atoms with Crippen molar-refractivity contribution in [3.8, 4) is 0 Å². The molecule has 0 spiro atoms. The highest BCUT2D eigenvalue weighted by atomic mass is 16.4. The largest absolute Gasteiger partial charge is 0.481 e. The van der Waals surface area contributed by atoms with Crippen molar-refractivity contribution in [3.63, 3.8) is 0 Å². The summed E-state index contributed by atoms with van der Waals surface area (Å²) >= 11 is 0. The van der Waals surface area contributed by atoms with Gasteiger partial charge in [0.15, 0.2) is 0 Å². The molecular weight excluding hydrogens is 180 g/mol. The highest BCUT2D eigenvalue weighted by molar-refractivity contribution is 5.82. The van der Waals surface area contributed by atoms with Gasteiger partial charge in [-0.2, -0.15) is 0 Å². The van der Waals surface area contributed by atoms with Crippen molar-refractivity contribution in [2.24, 2.45) is 0 Å². The molecule has 0 fully saturated rings. The molecule has 0 heterocycles. The number of benzene rings is 1. The van der Waals surface area contributed by atoms with Crippen LogP contribution in [0.3, 0.4) is 0 Å². The number of aliphatic carboxylic acids is 1. The van der Waals surface area contributed by atoms with E-state index in [0.29, 0.717) is 17.4 Å². The fourth-order valence-electron chi connectivity index (χ4n) is 1.53. The minimum absolute atomic E-state index is 0.0970. The SMILES string of the molecule is Cc1cc(C)c(CC(=O)O)c(C=O)c1. The highest BCUT2D eigenvalue weighted by Crippen LogP contribution is 2.16. The normalized spacial score (nSPS) is 9.86. The standard InChI is InChI=1S/C11H12O3/c1-7-3-8(2)10(5-11(13)14)9(4-7)6-12/h3-4,6H,5H2,1-2H3,(H,13,14). The Morgan fingerprint density at radius 1 is 1.43 bits per heavy atom. The van der Waals surface area contributed by atoms with E-state index >= 15 is 0 Å². The summed E-state index contributed by atoms with van der Waals surface area (Å²) in [5.41, 5.74) is 2.91. The first kappa shape index (κ1) is 10.4. The third-order valence-corrected chi connectivity index (χ3v) is 2.11. The van der Waals surface area contributed by atoms with Crippen LogP contribution < -0.4 is 0 Å². The lowest BCUT2D eigenvalue weighted by atomic mass is 9.97. The molecule has 1 N–H and O–H groups in total. The molecule has 0 aliphatic heterocycles. The summed E-state index contributed by atoms with van der Waals surface area (Å²) in [4.78, 5) is 21.3. The predicted molar refractivity (Wildman–Crippen MR) is 52.6 cm³/mol. The van der Waals surface area contributed by atoms with Gasteiger partial charge in [-0.3, -0.25) is 9.59 Å². The maximum absolute atomic E-state index is 10.7. The Balaban J connectivity index is 3.24. The molecule has 0 aliphatic carbocycles. The van der Waals surface area contributed by atoms with Crippen molar-refractivity contribution < 1.29 is 14.7 Å². The molecule has 0 aromatic heterocycles. The van der Waals surface area contributed by atoms with E-state index in [1.807, 2.05) is 19.9 Å². The molecule has 0 saturated carbocycles. The van der Waals surface area contributed by atoms with Crippen LogP contribution in [0.1, 0.15) is 27.0 Å². The third kappa shape index (κ3) is 2.19. The molecule has 0 aliphatic rings. The molecule has 1 aromatic rings. The van der Waals surface area contributed by atoms with E-state index in [1.54, 1.807) is 6.07 Å². The summed E-state index contributed by atoms with van der Waals surface area (Å²) in [7, 11) is 0. The van der Waals surface area contributed by atoms with Crippen LogP contribution >= 0.6 is 0 Å². The Bertz CT molecular complexity index is 380. The summed E-state index contributed by atoms with van der Waals surface area (Å²) < 4.78 is 0. The van der Waals surface area contributed by atoms with Crippen molar-refractivity contribution in [1.29, 1.82) is 0 Å². The second kappa shape index (κ2) is 4.05. The quantitative estimate of drug-likeness (QED) is 0.742. The van der Waals surface area contributed by atoms with Gasteiger partial charge in [0.1, 0.15) is 6.29 Å². The van der Waals surface area contributed by atoms with Crippen LogP contribution in [0.15, 0.2) is 12.1 Å². The lowest BCUT2D eigenvalue weighted by molar-refractivity contribution is -0.136. The lowest BCUT2D eigenvalue weighted by Gasteiger charge is -2.07. The molecule has 0 bridgehead atoms. The third-order valence-electron chi connectivity index (χ3n) is 2.11. The van der Waals surface area contributed by atoms with Gasteiger partial charge in [0.05, 0.1) is 6.42 Å². The Hall–Kier alpha value is -1.64. The van der Waals surface area contributed by atoms with Gasteiger partial charge in [-0.25, -0.2) is 0 Å². The number of hydrogen-bond donors (Lipinski definition) is 1. The monoisotopic (exact) mass is 192 g/mol. The molecule has 3 nitrogen and oxygen atoms in total. The number of rotatable bonds is 3. The van der Waals surface area contributed by atoms with E-state index < -0.39 is 5.97 Å². The minimum Gasteiger partial charge on any atom is -0.481 e. The van der Waals surface area contributed by atoms with Gasteiger partial charge in [0.2, 0.25) is 0 Å². The predicted octanol–water partition coefficient (Wildman–Crippen LogP) is 1.74. The van der Waals surface area contributed by atoms with Crippen molar-refractivity contribution >= 4 is 12.3 Å². The molecule has 0 amide bonds. The topological polar surface area (TPSA) is 54.4 Å². The first-order valence-electron chi connectivity index (χ1n) is 4.31. The van der Waals surface area contributed by atoms with Gasteiger partial charge in [0.25, 0.3) is 0 Å². The van der Waals surface area contributed by atoms with Crippen LogP contribution in [0, 0.1) is 13.8 Å². The molecular formula is C11H12O3. The summed E-state index contributed by atoms with van der Waals surface area (Å²) in [6, 6.07) is 3.59. The average Bonchev–Trinajstić information content (AvgIpc) is 2.08. The van der Waals surface area contributed by atoms with Crippen molar-refractivity contribution in [1.82, 2.24) is 0 Å². The van der Waals surface area contributed by atoms with E-state index in [4.69, 9.17) is 5.11 Å². The van der Waals surface area contributed by atoms with E-state index in [1.165, 1.54) is 0 Å². The van der Waals surface area contributed by atoms with Gasteiger partial charge < -0.3 is 5.11 Å². The Labute approximate surface area is 82.4 Å². The van der Waals surface area contributed by atoms with Crippen LogP contribution in [0.25, 0.3) is 0 Å². The van der Waals surface area contributed by atoms with Gasteiger partial charge in [0, 0.05) is 5.56 Å². The number of carboxylic acid groups (broad SMARTS) is 1. The zero-order valence-electron chi connectivity index (χ0n) is 8.20. The molecule has 0 saturated heterocycles. The first-order chi connectivity index (χ1) is 6.54. The lowest BCUT2D eigenvalue weighted by Crippen LogP contribution is -2.06. The molecule has 0 atom stereocenters. The van der Waals surface area contributed by atoms with Gasteiger partial charge >= 0.3 is 5.97 Å². The second-order valence-electron chi connectivity index (χ2n) is 3.34. The fraction of sp³-hybridized carbons (Fsp3) is 0.273. The summed E-state index contributed by atoms with van der Waals surface area (Å²) in [6.45, 7) is 3.70. The summed E-state index contributed by atoms with van der Waals surface area (Å²) in [5.74, 6) is -0.917. The fourth-order valence-corrected chi connectivity index (χ4v) is 1.53. The van der Waals surface area contributed by atoms with Crippen molar-refractivity contribution in [3.05, 3.63) is 34.4 Å². The minimum atomic E-state index is -0.917. The molecule has 74 valence electrons. The highest BCUT2D eigenvalue weighted by Gasteiger charge is 2.09. The Kier molecular flexibility index (Phi) is 3.02.